The number of nitrogens with zero attached hydrogens (tertiary/aromatic N) is 7. The van der Waals surface area contributed by atoms with Gasteiger partial charge in [-0.25, -0.2) is 14.2 Å². The second-order valence-corrected chi connectivity index (χ2v) is 9.10. The normalized spacial score (nSPS) is 21.6. The van der Waals surface area contributed by atoms with Gasteiger partial charge in [-0.15, -0.1) is 0 Å². The standard InChI is InChI=1S/C24H27F4N7O/c1-13-12-35(21-20-22(33(5)23(36)31-21)32(4)19(30-20)8-9-29)14(2)11-34(13)15(3)17-7-6-16(25)10-18(17)24(26,27)28/h6-7,10,13-15H,8,11-12H2,1-5H3/t13-,14+,15?/m1/s1/i4D3. The summed E-state index contributed by atoms with van der Waals surface area (Å²) in [7, 11) is 1.37. The Balaban J connectivity index is 1.76. The molecule has 3 atom stereocenters. The van der Waals surface area contributed by atoms with E-state index in [2.05, 4.69) is 9.97 Å². The monoisotopic (exact) mass is 508 g/mol. The summed E-state index contributed by atoms with van der Waals surface area (Å²) in [5, 5.41) is 9.24. The Bertz CT molecular complexity index is 1510. The highest BCUT2D eigenvalue weighted by atomic mass is 19.4. The third kappa shape index (κ3) is 4.32. The summed E-state index contributed by atoms with van der Waals surface area (Å²) in [4.78, 5) is 25.0. The molecule has 12 heteroatoms. The summed E-state index contributed by atoms with van der Waals surface area (Å²) >= 11 is 0. The Labute approximate surface area is 209 Å². The molecule has 192 valence electrons. The molecule has 3 aromatic rings. The molecule has 0 bridgehead atoms. The fourth-order valence-corrected chi connectivity index (χ4v) is 4.92. The topological polar surface area (TPSA) is 83.0 Å². The van der Waals surface area contributed by atoms with E-state index in [1.807, 2.05) is 24.8 Å². The number of hydrogen-bond donors (Lipinski definition) is 0. The van der Waals surface area contributed by atoms with Crippen molar-refractivity contribution in [2.75, 3.05) is 18.0 Å². The summed E-state index contributed by atoms with van der Waals surface area (Å²) in [6.07, 6.45) is -5.04. The van der Waals surface area contributed by atoms with Crippen molar-refractivity contribution in [2.24, 2.45) is 14.0 Å². The van der Waals surface area contributed by atoms with Crippen LogP contribution in [0.25, 0.3) is 11.2 Å². The fourth-order valence-electron chi connectivity index (χ4n) is 4.92. The average molecular weight is 509 g/mol. The number of aryl methyl sites for hydroxylation is 2. The van der Waals surface area contributed by atoms with E-state index in [0.29, 0.717) is 6.07 Å². The molecular formula is C24H27F4N7O. The van der Waals surface area contributed by atoms with Gasteiger partial charge < -0.3 is 9.47 Å². The van der Waals surface area contributed by atoms with Crippen LogP contribution in [0.3, 0.4) is 0 Å². The van der Waals surface area contributed by atoms with Crippen LogP contribution in [0, 0.1) is 17.1 Å². The molecule has 0 amide bonds. The number of hydrogen-bond acceptors (Lipinski definition) is 6. The van der Waals surface area contributed by atoms with Crippen LogP contribution in [-0.4, -0.2) is 49.2 Å². The van der Waals surface area contributed by atoms with Crippen molar-refractivity contribution < 1.29 is 21.7 Å². The number of halogens is 4. The van der Waals surface area contributed by atoms with Gasteiger partial charge in [0.05, 0.1) is 18.1 Å². The zero-order valence-corrected chi connectivity index (χ0v) is 20.1. The highest BCUT2D eigenvalue weighted by Crippen LogP contribution is 2.38. The fraction of sp³-hybridized carbons (Fsp3) is 0.500. The van der Waals surface area contributed by atoms with Crippen LogP contribution in [0.4, 0.5) is 23.4 Å². The van der Waals surface area contributed by atoms with E-state index >= 15 is 0 Å². The Morgan fingerprint density at radius 1 is 1.22 bits per heavy atom. The molecule has 1 aliphatic heterocycles. The number of benzene rings is 1. The van der Waals surface area contributed by atoms with Gasteiger partial charge >= 0.3 is 11.9 Å². The first-order chi connectivity index (χ1) is 18.1. The molecule has 1 aromatic carbocycles. The minimum absolute atomic E-state index is 0.00738. The Hall–Kier alpha value is -3.46. The van der Waals surface area contributed by atoms with Gasteiger partial charge in [0.15, 0.2) is 5.82 Å². The molecule has 0 spiro atoms. The van der Waals surface area contributed by atoms with Gasteiger partial charge in [0.25, 0.3) is 0 Å². The lowest BCUT2D eigenvalue weighted by atomic mass is 9.96. The third-order valence-corrected chi connectivity index (χ3v) is 6.75. The van der Waals surface area contributed by atoms with E-state index in [1.54, 1.807) is 11.8 Å². The maximum absolute atomic E-state index is 13.7. The molecule has 2 aromatic heterocycles. The lowest BCUT2D eigenvalue weighted by Crippen LogP contribution is -2.57. The number of alkyl halides is 3. The summed E-state index contributed by atoms with van der Waals surface area (Å²) < 4.78 is 80.6. The highest BCUT2D eigenvalue weighted by Gasteiger charge is 2.39. The molecular weight excluding hydrogens is 478 g/mol. The van der Waals surface area contributed by atoms with Crippen LogP contribution in [0.15, 0.2) is 23.0 Å². The number of aromatic nitrogens is 4. The summed E-state index contributed by atoms with van der Waals surface area (Å²) in [5.41, 5.74) is -1.68. The molecule has 0 radical (unpaired) electrons. The molecule has 8 nitrogen and oxygen atoms in total. The zero-order chi connectivity index (χ0) is 29.0. The van der Waals surface area contributed by atoms with Crippen molar-refractivity contribution in [2.45, 2.75) is 51.5 Å². The number of rotatable bonds is 4. The largest absolute Gasteiger partial charge is 0.416 e. The summed E-state index contributed by atoms with van der Waals surface area (Å²) in [6.45, 7) is 3.03. The third-order valence-electron chi connectivity index (χ3n) is 6.75. The molecule has 4 rings (SSSR count). The quantitative estimate of drug-likeness (QED) is 0.502. The van der Waals surface area contributed by atoms with E-state index in [9.17, 15) is 27.6 Å². The van der Waals surface area contributed by atoms with Gasteiger partial charge in [-0.1, -0.05) is 6.07 Å². The second kappa shape index (κ2) is 9.20. The lowest BCUT2D eigenvalue weighted by Gasteiger charge is -2.47. The molecule has 1 saturated heterocycles. The van der Waals surface area contributed by atoms with Gasteiger partial charge in [-0.05, 0) is 38.5 Å². The van der Waals surface area contributed by atoms with Crippen molar-refractivity contribution in [3.05, 3.63) is 51.5 Å². The molecule has 0 aliphatic carbocycles. The highest BCUT2D eigenvalue weighted by molar-refractivity contribution is 5.84. The van der Waals surface area contributed by atoms with Gasteiger partial charge in [-0.3, -0.25) is 9.47 Å². The van der Waals surface area contributed by atoms with Crippen LogP contribution in [-0.2, 0) is 26.6 Å². The van der Waals surface area contributed by atoms with E-state index in [0.717, 1.165) is 21.3 Å². The van der Waals surface area contributed by atoms with Crippen LogP contribution in [0.2, 0.25) is 0 Å². The van der Waals surface area contributed by atoms with E-state index < -0.39 is 36.3 Å². The van der Waals surface area contributed by atoms with Gasteiger partial charge in [0.1, 0.15) is 22.8 Å². The minimum Gasteiger partial charge on any atom is -0.349 e. The van der Waals surface area contributed by atoms with Crippen LogP contribution >= 0.6 is 0 Å². The smallest absolute Gasteiger partial charge is 0.349 e. The molecule has 3 heterocycles. The maximum Gasteiger partial charge on any atom is 0.416 e. The average Bonchev–Trinajstić information content (AvgIpc) is 3.22. The molecule has 1 fully saturated rings. The van der Waals surface area contributed by atoms with Crippen LogP contribution in [0.1, 0.15) is 47.9 Å². The number of nitriles is 1. The first kappa shape index (κ1) is 21.8. The Morgan fingerprint density at radius 3 is 2.58 bits per heavy atom. The first-order valence-electron chi connectivity index (χ1n) is 12.8. The Kier molecular flexibility index (Phi) is 5.57. The number of piperazine rings is 1. The molecule has 36 heavy (non-hydrogen) atoms. The van der Waals surface area contributed by atoms with Crippen molar-refractivity contribution in [3.63, 3.8) is 0 Å². The van der Waals surface area contributed by atoms with Crippen molar-refractivity contribution in [1.29, 1.82) is 5.26 Å². The Morgan fingerprint density at radius 2 is 1.94 bits per heavy atom. The number of anilines is 1. The SMILES string of the molecule is [2H]C([2H])([2H])n1c(CC#N)nc2c(N3C[C@@H](C)N(C(C)c4ccc(F)cc4C(F)(F)F)C[C@@H]3C)nc(=O)n(C)c21. The number of imidazole rings is 1. The summed E-state index contributed by atoms with van der Waals surface area (Å²) in [5.74, 6) is -0.877. The first-order valence-corrected chi connectivity index (χ1v) is 11.3. The molecule has 1 aliphatic rings. The van der Waals surface area contributed by atoms with E-state index in [-0.39, 0.29) is 60.0 Å². The van der Waals surface area contributed by atoms with Crippen LogP contribution in [0.5, 0.6) is 0 Å². The molecule has 1 unspecified atom stereocenters. The van der Waals surface area contributed by atoms with Crippen molar-refractivity contribution in [3.8, 4) is 6.07 Å². The van der Waals surface area contributed by atoms with Gasteiger partial charge in [-0.2, -0.15) is 23.4 Å². The minimum atomic E-state index is -4.73. The van der Waals surface area contributed by atoms with Crippen molar-refractivity contribution >= 4 is 17.0 Å². The maximum atomic E-state index is 13.7. The lowest BCUT2D eigenvalue weighted by molar-refractivity contribution is -0.139. The molecule has 0 N–H and O–H groups in total. The van der Waals surface area contributed by atoms with Crippen molar-refractivity contribution in [1.82, 2.24) is 24.0 Å². The van der Waals surface area contributed by atoms with E-state index in [4.69, 9.17) is 4.11 Å². The predicted molar refractivity (Wildman–Crippen MR) is 126 cm³/mol. The summed E-state index contributed by atoms with van der Waals surface area (Å²) in [6, 6.07) is 3.12. The second-order valence-electron chi connectivity index (χ2n) is 9.10. The van der Waals surface area contributed by atoms with E-state index in [1.165, 1.54) is 7.05 Å². The predicted octanol–water partition coefficient (Wildman–Crippen LogP) is 3.55. The molecule has 0 saturated carbocycles. The van der Waals surface area contributed by atoms with Crippen LogP contribution < -0.4 is 10.6 Å². The number of fused-ring (bicyclic) bond motifs is 1. The zero-order valence-electron chi connectivity index (χ0n) is 23.1. The van der Waals surface area contributed by atoms with Gasteiger partial charge in [0, 0.05) is 49.4 Å². The van der Waals surface area contributed by atoms with Gasteiger partial charge in [0.2, 0.25) is 0 Å².